The van der Waals surface area contributed by atoms with Crippen LogP contribution in [0.4, 0.5) is 0 Å². The molecule has 16 heavy (non-hydrogen) atoms. The monoisotopic (exact) mass is 226 g/mol. The zero-order chi connectivity index (χ0) is 11.5. The highest BCUT2D eigenvalue weighted by Crippen LogP contribution is 2.23. The summed E-state index contributed by atoms with van der Waals surface area (Å²) in [5, 5.41) is 3.28. The van der Waals surface area contributed by atoms with E-state index in [0.29, 0.717) is 6.54 Å². The van der Waals surface area contributed by atoms with Gasteiger partial charge in [0, 0.05) is 6.61 Å². The molecule has 0 aliphatic carbocycles. The number of nitrogens with zero attached hydrogens (tertiary/aromatic N) is 1. The molecule has 1 N–H and O–H groups in total. The van der Waals surface area contributed by atoms with E-state index in [-0.39, 0.29) is 24.2 Å². The highest BCUT2D eigenvalue weighted by molar-refractivity contribution is 5.81. The maximum absolute atomic E-state index is 11.9. The van der Waals surface area contributed by atoms with Gasteiger partial charge in [0.2, 0.25) is 5.91 Å². The lowest BCUT2D eigenvalue weighted by atomic mass is 10.1. The molecule has 0 bridgehead atoms. The quantitative estimate of drug-likeness (QED) is 0.781. The van der Waals surface area contributed by atoms with Crippen molar-refractivity contribution in [1.29, 1.82) is 0 Å². The Morgan fingerprint density at radius 1 is 1.62 bits per heavy atom. The Kier molecular flexibility index (Phi) is 3.82. The maximum Gasteiger partial charge on any atom is 0.238 e. The lowest BCUT2D eigenvalue weighted by Crippen LogP contribution is -2.48. The molecule has 0 radical (unpaired) electrons. The van der Waals surface area contributed by atoms with Crippen molar-refractivity contribution in [2.24, 2.45) is 0 Å². The van der Waals surface area contributed by atoms with Crippen LogP contribution in [-0.2, 0) is 9.53 Å². The van der Waals surface area contributed by atoms with E-state index in [1.165, 1.54) is 0 Å². The van der Waals surface area contributed by atoms with Crippen LogP contribution in [0, 0.1) is 0 Å². The van der Waals surface area contributed by atoms with Crippen LogP contribution in [0.15, 0.2) is 0 Å². The number of carbonyl (C=O) groups is 1. The molecule has 3 unspecified atom stereocenters. The van der Waals surface area contributed by atoms with Crippen molar-refractivity contribution in [2.75, 3.05) is 13.2 Å². The Labute approximate surface area is 97.3 Å². The van der Waals surface area contributed by atoms with Crippen LogP contribution < -0.4 is 5.32 Å². The van der Waals surface area contributed by atoms with Gasteiger partial charge in [-0.25, -0.2) is 0 Å². The van der Waals surface area contributed by atoms with Gasteiger partial charge in [-0.15, -0.1) is 0 Å². The second-order valence-electron chi connectivity index (χ2n) is 4.78. The molecule has 2 rings (SSSR count). The van der Waals surface area contributed by atoms with Crippen LogP contribution in [0.5, 0.6) is 0 Å². The first-order chi connectivity index (χ1) is 7.74. The minimum absolute atomic E-state index is 0.210. The molecule has 2 aliphatic heterocycles. The van der Waals surface area contributed by atoms with Crippen LogP contribution in [0.1, 0.15) is 39.5 Å². The molecule has 1 amide bonds. The molecule has 0 aromatic carbocycles. The van der Waals surface area contributed by atoms with Crippen LogP contribution >= 0.6 is 0 Å². The van der Waals surface area contributed by atoms with Gasteiger partial charge in [0.1, 0.15) is 0 Å². The molecule has 4 heteroatoms. The van der Waals surface area contributed by atoms with E-state index in [1.807, 2.05) is 4.90 Å². The second kappa shape index (κ2) is 5.15. The SMILES string of the molecule is CCCC1NCC(=O)N1C(C)C1CCCO1. The Bertz CT molecular complexity index is 251. The smallest absolute Gasteiger partial charge is 0.238 e. The van der Waals surface area contributed by atoms with Crippen LogP contribution in [-0.4, -0.2) is 42.3 Å². The Hall–Kier alpha value is -0.610. The molecule has 2 aliphatic rings. The van der Waals surface area contributed by atoms with Gasteiger partial charge in [0.25, 0.3) is 0 Å². The molecule has 92 valence electrons. The third-order valence-corrected chi connectivity index (χ3v) is 3.62. The van der Waals surface area contributed by atoms with Gasteiger partial charge in [-0.05, 0) is 26.2 Å². The minimum atomic E-state index is 0.210. The van der Waals surface area contributed by atoms with Gasteiger partial charge < -0.3 is 9.64 Å². The molecule has 4 nitrogen and oxygen atoms in total. The standard InChI is InChI=1S/C12H22N2O2/c1-3-5-11-13-8-12(15)14(11)9(2)10-6-4-7-16-10/h9-11,13H,3-8H2,1-2H3. The zero-order valence-corrected chi connectivity index (χ0v) is 10.2. The zero-order valence-electron chi connectivity index (χ0n) is 10.2. The van der Waals surface area contributed by atoms with E-state index >= 15 is 0 Å². The second-order valence-corrected chi connectivity index (χ2v) is 4.78. The summed E-state index contributed by atoms with van der Waals surface area (Å²) < 4.78 is 5.68. The molecule has 0 saturated carbocycles. The van der Waals surface area contributed by atoms with Gasteiger partial charge in [0.05, 0.1) is 24.9 Å². The van der Waals surface area contributed by atoms with Crippen molar-refractivity contribution < 1.29 is 9.53 Å². The van der Waals surface area contributed by atoms with Gasteiger partial charge in [-0.1, -0.05) is 13.3 Å². The molecule has 2 saturated heterocycles. The minimum Gasteiger partial charge on any atom is -0.376 e. The first-order valence-corrected chi connectivity index (χ1v) is 6.40. The predicted molar refractivity (Wildman–Crippen MR) is 62.0 cm³/mol. The highest BCUT2D eigenvalue weighted by Gasteiger charge is 2.37. The predicted octanol–water partition coefficient (Wildman–Crippen LogP) is 1.11. The molecule has 0 spiro atoms. The number of carbonyl (C=O) groups excluding carboxylic acids is 1. The van der Waals surface area contributed by atoms with Crippen molar-refractivity contribution in [3.8, 4) is 0 Å². The van der Waals surface area contributed by atoms with Gasteiger partial charge >= 0.3 is 0 Å². The van der Waals surface area contributed by atoms with E-state index in [4.69, 9.17) is 4.74 Å². The molecule has 0 aromatic heterocycles. The van der Waals surface area contributed by atoms with Gasteiger partial charge in [-0.3, -0.25) is 10.1 Å². The van der Waals surface area contributed by atoms with Crippen molar-refractivity contribution in [1.82, 2.24) is 10.2 Å². The van der Waals surface area contributed by atoms with Crippen LogP contribution in [0.25, 0.3) is 0 Å². The first-order valence-electron chi connectivity index (χ1n) is 6.40. The number of rotatable bonds is 4. The topological polar surface area (TPSA) is 41.6 Å². The molecule has 2 heterocycles. The average Bonchev–Trinajstić information content (AvgIpc) is 2.88. The third kappa shape index (κ3) is 2.23. The normalized spacial score (nSPS) is 32.4. The van der Waals surface area contributed by atoms with Crippen LogP contribution in [0.3, 0.4) is 0 Å². The summed E-state index contributed by atoms with van der Waals surface area (Å²) >= 11 is 0. The van der Waals surface area contributed by atoms with E-state index in [0.717, 1.165) is 32.3 Å². The molecule has 0 aromatic rings. The fourth-order valence-electron chi connectivity index (χ4n) is 2.76. The Morgan fingerprint density at radius 2 is 2.44 bits per heavy atom. The Morgan fingerprint density at radius 3 is 3.06 bits per heavy atom. The summed E-state index contributed by atoms with van der Waals surface area (Å²) in [5.74, 6) is 0.224. The van der Waals surface area contributed by atoms with Crippen LogP contribution in [0.2, 0.25) is 0 Å². The summed E-state index contributed by atoms with van der Waals surface area (Å²) in [5.41, 5.74) is 0. The van der Waals surface area contributed by atoms with E-state index < -0.39 is 0 Å². The third-order valence-electron chi connectivity index (χ3n) is 3.62. The Balaban J connectivity index is 2.00. The van der Waals surface area contributed by atoms with Crippen molar-refractivity contribution in [2.45, 2.75) is 57.8 Å². The lowest BCUT2D eigenvalue weighted by Gasteiger charge is -2.33. The van der Waals surface area contributed by atoms with E-state index in [9.17, 15) is 4.79 Å². The van der Waals surface area contributed by atoms with E-state index in [2.05, 4.69) is 19.2 Å². The van der Waals surface area contributed by atoms with Crippen molar-refractivity contribution in [3.05, 3.63) is 0 Å². The van der Waals surface area contributed by atoms with E-state index in [1.54, 1.807) is 0 Å². The molecule has 2 fully saturated rings. The average molecular weight is 226 g/mol. The van der Waals surface area contributed by atoms with Crippen molar-refractivity contribution >= 4 is 5.91 Å². The van der Waals surface area contributed by atoms with Gasteiger partial charge in [-0.2, -0.15) is 0 Å². The van der Waals surface area contributed by atoms with Crippen molar-refractivity contribution in [3.63, 3.8) is 0 Å². The number of nitrogens with one attached hydrogen (secondary N) is 1. The molecule has 3 atom stereocenters. The summed E-state index contributed by atoms with van der Waals surface area (Å²) in [6.45, 7) is 5.60. The number of amides is 1. The number of hydrogen-bond acceptors (Lipinski definition) is 3. The molecular formula is C12H22N2O2. The summed E-state index contributed by atoms with van der Waals surface area (Å²) in [6, 6.07) is 0.210. The number of ether oxygens (including phenoxy) is 1. The highest BCUT2D eigenvalue weighted by atomic mass is 16.5. The number of hydrogen-bond donors (Lipinski definition) is 1. The largest absolute Gasteiger partial charge is 0.376 e. The summed E-state index contributed by atoms with van der Waals surface area (Å²) in [7, 11) is 0. The fourth-order valence-corrected chi connectivity index (χ4v) is 2.76. The molecular weight excluding hydrogens is 204 g/mol. The maximum atomic E-state index is 11.9. The van der Waals surface area contributed by atoms with Gasteiger partial charge in [0.15, 0.2) is 0 Å². The fraction of sp³-hybridized carbons (Fsp3) is 0.917. The first kappa shape index (κ1) is 11.9. The summed E-state index contributed by atoms with van der Waals surface area (Å²) in [4.78, 5) is 13.9. The lowest BCUT2D eigenvalue weighted by molar-refractivity contribution is -0.132. The summed E-state index contributed by atoms with van der Waals surface area (Å²) in [6.07, 6.45) is 4.80.